The number of hydrogen-bond donors (Lipinski definition) is 0. The molecule has 0 bridgehead atoms. The van der Waals surface area contributed by atoms with Gasteiger partial charge < -0.3 is 0 Å². The van der Waals surface area contributed by atoms with Crippen LogP contribution >= 0.6 is 0 Å². The standard InChI is InChI=1S/C11H16N6O2S/c1-15-11(8-12-14-15)20(18,19)16-6-2-4-10(9-16)17-7-3-5-13-17/h3,5,7-8,10H,2,4,6,9H2,1H3/t10-/m0/s1. The van der Waals surface area contributed by atoms with E-state index in [0.29, 0.717) is 13.1 Å². The molecule has 1 aliphatic heterocycles. The molecule has 1 aliphatic rings. The van der Waals surface area contributed by atoms with Gasteiger partial charge in [0.05, 0.1) is 12.2 Å². The fourth-order valence-corrected chi connectivity index (χ4v) is 4.05. The maximum atomic E-state index is 12.6. The third kappa shape index (κ3) is 2.22. The lowest BCUT2D eigenvalue weighted by molar-refractivity contribution is 0.252. The summed E-state index contributed by atoms with van der Waals surface area (Å²) < 4.78 is 29.8. The Bertz CT molecular complexity index is 678. The molecule has 108 valence electrons. The van der Waals surface area contributed by atoms with Crippen LogP contribution in [0.3, 0.4) is 0 Å². The molecule has 9 heteroatoms. The summed E-state index contributed by atoms with van der Waals surface area (Å²) in [4.78, 5) is 0. The number of sulfonamides is 1. The predicted molar refractivity (Wildman–Crippen MR) is 70.3 cm³/mol. The van der Waals surface area contributed by atoms with E-state index in [-0.39, 0.29) is 11.1 Å². The molecule has 0 saturated carbocycles. The van der Waals surface area contributed by atoms with Crippen LogP contribution in [0.4, 0.5) is 0 Å². The number of piperidine rings is 1. The average Bonchev–Trinajstić information content (AvgIpc) is 3.10. The molecule has 1 fully saturated rings. The molecule has 8 nitrogen and oxygen atoms in total. The first-order valence-electron chi connectivity index (χ1n) is 6.43. The van der Waals surface area contributed by atoms with Gasteiger partial charge in [0, 0.05) is 32.5 Å². The van der Waals surface area contributed by atoms with Gasteiger partial charge in [-0.1, -0.05) is 5.21 Å². The van der Waals surface area contributed by atoms with E-state index in [1.165, 1.54) is 15.2 Å². The van der Waals surface area contributed by atoms with Crippen LogP contribution in [-0.4, -0.2) is 50.6 Å². The highest BCUT2D eigenvalue weighted by atomic mass is 32.2. The van der Waals surface area contributed by atoms with Crippen molar-refractivity contribution in [2.24, 2.45) is 7.05 Å². The molecule has 3 heterocycles. The molecule has 3 rings (SSSR count). The van der Waals surface area contributed by atoms with Crippen LogP contribution in [0.1, 0.15) is 18.9 Å². The first kappa shape index (κ1) is 13.3. The van der Waals surface area contributed by atoms with Crippen molar-refractivity contribution in [3.8, 4) is 0 Å². The summed E-state index contributed by atoms with van der Waals surface area (Å²) in [5, 5.41) is 11.7. The van der Waals surface area contributed by atoms with Crippen molar-refractivity contribution in [3.63, 3.8) is 0 Å². The van der Waals surface area contributed by atoms with Gasteiger partial charge in [-0.05, 0) is 18.9 Å². The van der Waals surface area contributed by atoms with Crippen molar-refractivity contribution in [2.75, 3.05) is 13.1 Å². The van der Waals surface area contributed by atoms with Crippen molar-refractivity contribution < 1.29 is 8.42 Å². The van der Waals surface area contributed by atoms with Gasteiger partial charge >= 0.3 is 0 Å². The Morgan fingerprint density at radius 3 is 2.90 bits per heavy atom. The monoisotopic (exact) mass is 296 g/mol. The molecule has 0 amide bonds. The number of rotatable bonds is 3. The first-order valence-corrected chi connectivity index (χ1v) is 7.87. The van der Waals surface area contributed by atoms with Crippen LogP contribution in [0.15, 0.2) is 29.7 Å². The van der Waals surface area contributed by atoms with Gasteiger partial charge in [-0.3, -0.25) is 4.68 Å². The van der Waals surface area contributed by atoms with Crippen molar-refractivity contribution in [1.82, 2.24) is 29.1 Å². The minimum Gasteiger partial charge on any atom is -0.268 e. The lowest BCUT2D eigenvalue weighted by atomic mass is 10.1. The third-order valence-electron chi connectivity index (χ3n) is 3.54. The molecular formula is C11H16N6O2S. The second-order valence-electron chi connectivity index (χ2n) is 4.84. The van der Waals surface area contributed by atoms with Crippen LogP contribution in [0.5, 0.6) is 0 Å². The summed E-state index contributed by atoms with van der Waals surface area (Å²) in [7, 11) is -1.96. The third-order valence-corrected chi connectivity index (χ3v) is 5.45. The van der Waals surface area contributed by atoms with Crippen LogP contribution in [0, 0.1) is 0 Å². The van der Waals surface area contributed by atoms with Gasteiger partial charge in [-0.2, -0.15) is 9.40 Å². The second-order valence-corrected chi connectivity index (χ2v) is 6.73. The Labute approximate surface area is 117 Å². The van der Waals surface area contributed by atoms with Gasteiger partial charge in [0.25, 0.3) is 10.0 Å². The lowest BCUT2D eigenvalue weighted by Gasteiger charge is -2.31. The van der Waals surface area contributed by atoms with E-state index in [2.05, 4.69) is 15.4 Å². The fourth-order valence-electron chi connectivity index (χ4n) is 2.50. The number of nitrogens with zero attached hydrogens (tertiary/aromatic N) is 6. The van der Waals surface area contributed by atoms with Gasteiger partial charge in [0.1, 0.15) is 0 Å². The van der Waals surface area contributed by atoms with Crippen molar-refractivity contribution >= 4 is 10.0 Å². The normalized spacial score (nSPS) is 21.1. The van der Waals surface area contributed by atoms with Crippen molar-refractivity contribution in [2.45, 2.75) is 23.9 Å². The van der Waals surface area contributed by atoms with Crippen LogP contribution in [0.2, 0.25) is 0 Å². The summed E-state index contributed by atoms with van der Waals surface area (Å²) >= 11 is 0. The highest BCUT2D eigenvalue weighted by Gasteiger charge is 2.33. The number of aryl methyl sites for hydroxylation is 1. The molecule has 2 aromatic rings. The zero-order valence-electron chi connectivity index (χ0n) is 11.1. The molecule has 0 aliphatic carbocycles. The van der Waals surface area contributed by atoms with E-state index in [4.69, 9.17) is 0 Å². The minimum absolute atomic E-state index is 0.0784. The maximum absolute atomic E-state index is 12.6. The van der Waals surface area contributed by atoms with Gasteiger partial charge in [-0.25, -0.2) is 13.1 Å². The molecule has 0 unspecified atom stereocenters. The van der Waals surface area contributed by atoms with Crippen LogP contribution in [-0.2, 0) is 17.1 Å². The summed E-state index contributed by atoms with van der Waals surface area (Å²) in [6.07, 6.45) is 6.60. The molecule has 2 aromatic heterocycles. The molecule has 1 atom stereocenters. The maximum Gasteiger partial charge on any atom is 0.261 e. The number of hydrogen-bond acceptors (Lipinski definition) is 5. The highest BCUT2D eigenvalue weighted by Crippen LogP contribution is 2.25. The predicted octanol–water partition coefficient (Wildman–Crippen LogP) is 0.0374. The zero-order valence-corrected chi connectivity index (χ0v) is 11.9. The summed E-state index contributed by atoms with van der Waals surface area (Å²) in [6.45, 7) is 0.945. The molecular weight excluding hydrogens is 280 g/mol. The molecule has 0 radical (unpaired) electrons. The minimum atomic E-state index is -3.54. The van der Waals surface area contributed by atoms with E-state index < -0.39 is 10.0 Å². The zero-order chi connectivity index (χ0) is 14.2. The molecule has 1 saturated heterocycles. The van der Waals surface area contributed by atoms with Crippen LogP contribution in [0.25, 0.3) is 0 Å². The van der Waals surface area contributed by atoms with E-state index >= 15 is 0 Å². The SMILES string of the molecule is Cn1nncc1S(=O)(=O)N1CCC[C@H](n2cccn2)C1. The Morgan fingerprint density at radius 1 is 1.40 bits per heavy atom. The summed E-state index contributed by atoms with van der Waals surface area (Å²) in [5.74, 6) is 0. The highest BCUT2D eigenvalue weighted by molar-refractivity contribution is 7.89. The number of aromatic nitrogens is 5. The van der Waals surface area contributed by atoms with Crippen molar-refractivity contribution in [3.05, 3.63) is 24.7 Å². The summed E-state index contributed by atoms with van der Waals surface area (Å²) in [6, 6.07) is 1.92. The molecule has 0 N–H and O–H groups in total. The molecule has 20 heavy (non-hydrogen) atoms. The second kappa shape index (κ2) is 4.98. The van der Waals surface area contributed by atoms with E-state index in [1.54, 1.807) is 13.2 Å². The van der Waals surface area contributed by atoms with Crippen LogP contribution < -0.4 is 0 Å². The Balaban J connectivity index is 1.85. The Morgan fingerprint density at radius 2 is 2.25 bits per heavy atom. The lowest BCUT2D eigenvalue weighted by Crippen LogP contribution is -2.41. The van der Waals surface area contributed by atoms with Crippen molar-refractivity contribution in [1.29, 1.82) is 0 Å². The Kier molecular flexibility index (Phi) is 3.30. The largest absolute Gasteiger partial charge is 0.268 e. The topological polar surface area (TPSA) is 85.9 Å². The van der Waals surface area contributed by atoms with Gasteiger partial charge in [0.15, 0.2) is 5.03 Å². The van der Waals surface area contributed by atoms with Gasteiger partial charge in [-0.15, -0.1) is 5.10 Å². The molecule has 0 spiro atoms. The molecule has 0 aromatic carbocycles. The first-order chi connectivity index (χ1) is 9.59. The fraction of sp³-hybridized carbons (Fsp3) is 0.545. The van der Waals surface area contributed by atoms with E-state index in [0.717, 1.165) is 12.8 Å². The average molecular weight is 296 g/mol. The van der Waals surface area contributed by atoms with E-state index in [1.807, 2.05) is 16.9 Å². The Hall–Kier alpha value is -1.74. The smallest absolute Gasteiger partial charge is 0.261 e. The quantitative estimate of drug-likeness (QED) is 0.798. The van der Waals surface area contributed by atoms with E-state index in [9.17, 15) is 8.42 Å². The van der Waals surface area contributed by atoms with Gasteiger partial charge in [0.2, 0.25) is 0 Å². The summed E-state index contributed by atoms with van der Waals surface area (Å²) in [5.41, 5.74) is 0.